The Kier molecular flexibility index (Phi) is 7.55. The van der Waals surface area contributed by atoms with Crippen LogP contribution in [0, 0.1) is 0 Å². The Bertz CT molecular complexity index is 1170. The van der Waals surface area contributed by atoms with Crippen molar-refractivity contribution in [2.75, 3.05) is 21.2 Å². The van der Waals surface area contributed by atoms with Crippen LogP contribution in [0.15, 0.2) is 17.1 Å². The molecule has 1 aromatic carbocycles. The number of carbonyl (C=O) groups excluding carboxylic acids is 2. The molecule has 1 aromatic rings. The van der Waals surface area contributed by atoms with Gasteiger partial charge in [0.25, 0.3) is 0 Å². The highest BCUT2D eigenvalue weighted by Crippen LogP contribution is 2.63. The molecular formula is C29H44N4O7. The zero-order valence-corrected chi connectivity index (χ0v) is 25.3. The number of nitrogens with one attached hydrogen (secondary N) is 2. The summed E-state index contributed by atoms with van der Waals surface area (Å²) in [6.45, 7) is 12.6. The fraction of sp³-hybridized carbons (Fsp3) is 0.690. The lowest BCUT2D eigenvalue weighted by Gasteiger charge is -2.60. The van der Waals surface area contributed by atoms with E-state index < -0.39 is 46.6 Å². The van der Waals surface area contributed by atoms with Crippen molar-refractivity contribution in [2.24, 2.45) is 4.99 Å². The fourth-order valence-corrected chi connectivity index (χ4v) is 6.68. The lowest BCUT2D eigenvalue weighted by Crippen LogP contribution is -2.72. The SMILES string of the molecule is CO[C@@]12CC[C@@H](N=C(NC(=O)OC(C)(C)C)NC(=O)OC(C)(C)C)[C@@H]3Oc4c(O)ccc(c4C31C)CC2N(C)C. The molecule has 1 heterocycles. The number of hydrogen-bond acceptors (Lipinski definition) is 9. The van der Waals surface area contributed by atoms with E-state index in [0.717, 1.165) is 17.5 Å². The molecule has 2 unspecified atom stereocenters. The Morgan fingerprint density at radius 1 is 1.07 bits per heavy atom. The summed E-state index contributed by atoms with van der Waals surface area (Å²) in [6.07, 6.45) is -0.167. The van der Waals surface area contributed by atoms with Gasteiger partial charge in [-0.2, -0.15) is 0 Å². The molecule has 0 bridgehead atoms. The van der Waals surface area contributed by atoms with E-state index in [9.17, 15) is 14.7 Å². The first-order valence-corrected chi connectivity index (χ1v) is 13.7. The number of benzene rings is 1. The van der Waals surface area contributed by atoms with Gasteiger partial charge in [0.05, 0.1) is 17.1 Å². The van der Waals surface area contributed by atoms with Gasteiger partial charge in [-0.25, -0.2) is 14.6 Å². The molecule has 3 aliphatic rings. The number of alkyl carbamates (subject to hydrolysis) is 2. The van der Waals surface area contributed by atoms with E-state index in [1.807, 2.05) is 20.2 Å². The summed E-state index contributed by atoms with van der Waals surface area (Å²) in [5, 5.41) is 16.0. The van der Waals surface area contributed by atoms with E-state index in [4.69, 9.17) is 23.9 Å². The topological polar surface area (TPSA) is 131 Å². The Hall–Kier alpha value is -3.05. The van der Waals surface area contributed by atoms with Crippen molar-refractivity contribution in [2.45, 2.75) is 108 Å². The number of hydrogen-bond donors (Lipinski definition) is 3. The van der Waals surface area contributed by atoms with Gasteiger partial charge in [0, 0.05) is 18.7 Å². The van der Waals surface area contributed by atoms with E-state index in [0.29, 0.717) is 18.6 Å². The van der Waals surface area contributed by atoms with Gasteiger partial charge in [0.2, 0.25) is 5.96 Å². The molecule has 11 nitrogen and oxygen atoms in total. The van der Waals surface area contributed by atoms with E-state index >= 15 is 0 Å². The molecule has 1 aliphatic heterocycles. The lowest BCUT2D eigenvalue weighted by molar-refractivity contribution is -0.168. The van der Waals surface area contributed by atoms with Crippen LogP contribution in [0.5, 0.6) is 11.5 Å². The molecule has 40 heavy (non-hydrogen) atoms. The first-order valence-electron chi connectivity index (χ1n) is 13.7. The smallest absolute Gasteiger partial charge is 0.414 e. The minimum atomic E-state index is -0.767. The summed E-state index contributed by atoms with van der Waals surface area (Å²) in [6, 6.07) is 3.15. The molecular weight excluding hydrogens is 516 g/mol. The van der Waals surface area contributed by atoms with Crippen molar-refractivity contribution >= 4 is 18.1 Å². The van der Waals surface area contributed by atoms with Crippen molar-refractivity contribution in [3.8, 4) is 11.5 Å². The summed E-state index contributed by atoms with van der Waals surface area (Å²) in [7, 11) is 5.82. The highest BCUT2D eigenvalue weighted by atomic mass is 16.6. The Morgan fingerprint density at radius 3 is 2.15 bits per heavy atom. The number of aromatic hydroxyl groups is 1. The van der Waals surface area contributed by atoms with Crippen molar-refractivity contribution in [3.63, 3.8) is 0 Å². The van der Waals surface area contributed by atoms with Gasteiger partial charge in [0.1, 0.15) is 17.3 Å². The monoisotopic (exact) mass is 560 g/mol. The van der Waals surface area contributed by atoms with Crippen LogP contribution < -0.4 is 15.4 Å². The number of guanidine groups is 1. The molecule has 2 amide bonds. The van der Waals surface area contributed by atoms with Crippen molar-refractivity contribution in [1.29, 1.82) is 0 Å². The van der Waals surface area contributed by atoms with Gasteiger partial charge >= 0.3 is 12.2 Å². The largest absolute Gasteiger partial charge is 0.504 e. The highest BCUT2D eigenvalue weighted by molar-refractivity contribution is 6.01. The van der Waals surface area contributed by atoms with Crippen LogP contribution in [-0.2, 0) is 26.0 Å². The molecule has 5 atom stereocenters. The second kappa shape index (κ2) is 10.1. The molecule has 0 saturated heterocycles. The van der Waals surface area contributed by atoms with Crippen LogP contribution in [0.25, 0.3) is 0 Å². The van der Waals surface area contributed by atoms with Crippen LogP contribution in [-0.4, -0.2) is 84.3 Å². The summed E-state index contributed by atoms with van der Waals surface area (Å²) in [5.41, 5.74) is -0.813. The standard InChI is InChI=1S/C29H44N4O7/c1-26(2,3)39-24(35)31-23(32-25(36)40-27(4,5)6)30-17-13-14-29(37-10)19(33(8)9)15-16-11-12-18(34)21-20(16)28(29,7)22(17)38-21/h11-12,17,19,22,34H,13-15H2,1-10H3,(H2,30,31,32,35,36)/t17-,19?,22+,28?,29-/m1/s1. The first kappa shape index (κ1) is 29.9. The average molecular weight is 561 g/mol. The van der Waals surface area contributed by atoms with Gasteiger partial charge in [-0.15, -0.1) is 0 Å². The van der Waals surface area contributed by atoms with E-state index in [1.54, 1.807) is 54.7 Å². The van der Waals surface area contributed by atoms with E-state index in [2.05, 4.69) is 22.5 Å². The number of carbonyl (C=O) groups is 2. The second-order valence-corrected chi connectivity index (χ2v) is 13.3. The maximum absolute atomic E-state index is 12.7. The van der Waals surface area contributed by atoms with Crippen molar-refractivity contribution in [1.82, 2.24) is 15.5 Å². The Balaban J connectivity index is 1.77. The molecule has 3 N–H and O–H groups in total. The summed E-state index contributed by atoms with van der Waals surface area (Å²) >= 11 is 0. The zero-order valence-electron chi connectivity index (χ0n) is 25.3. The lowest BCUT2D eigenvalue weighted by atomic mass is 9.52. The molecule has 0 aromatic heterocycles. The van der Waals surface area contributed by atoms with E-state index in [-0.39, 0.29) is 17.8 Å². The third-order valence-electron chi connectivity index (χ3n) is 8.07. The molecule has 11 heteroatoms. The quantitative estimate of drug-likeness (QED) is 0.375. The molecule has 4 rings (SSSR count). The number of phenols is 1. The number of amides is 2. The predicted octanol–water partition coefficient (Wildman–Crippen LogP) is 3.85. The van der Waals surface area contributed by atoms with E-state index in [1.165, 1.54) is 0 Å². The highest BCUT2D eigenvalue weighted by Gasteiger charge is 2.70. The molecule has 2 aliphatic carbocycles. The van der Waals surface area contributed by atoms with Gasteiger partial charge in [-0.1, -0.05) is 6.07 Å². The minimum absolute atomic E-state index is 0.0424. The Morgan fingerprint density at radius 2 is 1.65 bits per heavy atom. The molecule has 1 fully saturated rings. The van der Waals surface area contributed by atoms with Crippen LogP contribution in [0.1, 0.15) is 72.4 Å². The molecule has 0 spiro atoms. The third-order valence-corrected chi connectivity index (χ3v) is 8.07. The maximum atomic E-state index is 12.7. The van der Waals surface area contributed by atoms with Gasteiger partial charge < -0.3 is 29.0 Å². The minimum Gasteiger partial charge on any atom is -0.504 e. The van der Waals surface area contributed by atoms with Crippen LogP contribution in [0.3, 0.4) is 0 Å². The number of rotatable bonds is 3. The molecule has 0 radical (unpaired) electrons. The number of nitrogens with zero attached hydrogens (tertiary/aromatic N) is 2. The van der Waals surface area contributed by atoms with Gasteiger partial charge in [-0.05, 0) is 93.5 Å². The summed E-state index contributed by atoms with van der Waals surface area (Å²) in [5.74, 6) is 0.392. The zero-order chi connectivity index (χ0) is 29.8. The van der Waals surface area contributed by atoms with Crippen LogP contribution >= 0.6 is 0 Å². The number of aliphatic imine (C=N–C) groups is 1. The van der Waals surface area contributed by atoms with Gasteiger partial charge in [0.15, 0.2) is 11.5 Å². The van der Waals surface area contributed by atoms with Crippen molar-refractivity contribution in [3.05, 3.63) is 23.3 Å². The Labute approximate surface area is 236 Å². The summed E-state index contributed by atoms with van der Waals surface area (Å²) in [4.78, 5) is 32.4. The second-order valence-electron chi connectivity index (χ2n) is 13.3. The number of phenolic OH excluding ortho intramolecular Hbond substituents is 1. The normalized spacial score (nSPS) is 28.7. The van der Waals surface area contributed by atoms with Crippen LogP contribution in [0.4, 0.5) is 9.59 Å². The first-order chi connectivity index (χ1) is 18.4. The predicted molar refractivity (Wildman–Crippen MR) is 150 cm³/mol. The van der Waals surface area contributed by atoms with Gasteiger partial charge in [-0.3, -0.25) is 10.6 Å². The molecule has 222 valence electrons. The maximum Gasteiger partial charge on any atom is 0.414 e. The number of ether oxygens (including phenoxy) is 4. The third kappa shape index (κ3) is 5.21. The van der Waals surface area contributed by atoms with Crippen molar-refractivity contribution < 1.29 is 33.6 Å². The fourth-order valence-electron chi connectivity index (χ4n) is 6.68. The van der Waals surface area contributed by atoms with Crippen LogP contribution in [0.2, 0.25) is 0 Å². The number of likely N-dealkylation sites (N-methyl/N-ethyl adjacent to an activating group) is 1. The molecule has 1 saturated carbocycles. The summed E-state index contributed by atoms with van der Waals surface area (Å²) < 4.78 is 23.8. The average Bonchev–Trinajstić information content (AvgIpc) is 3.12. The number of methoxy groups -OCH3 is 1.